The first-order valence-electron chi connectivity index (χ1n) is 12.4. The Bertz CT molecular complexity index is 1100. The molecule has 2 aliphatic rings. The summed E-state index contributed by atoms with van der Waals surface area (Å²) in [5.41, 5.74) is 4.80. The van der Waals surface area contributed by atoms with Crippen LogP contribution in [0.1, 0.15) is 31.2 Å². The number of carbonyl (C=O) groups excluding carboxylic acids is 1. The first-order chi connectivity index (χ1) is 16.1. The second kappa shape index (κ2) is 9.56. The smallest absolute Gasteiger partial charge is 0.227 e. The van der Waals surface area contributed by atoms with Gasteiger partial charge in [0.15, 0.2) is 0 Å². The average Bonchev–Trinajstić information content (AvgIpc) is 3.21. The van der Waals surface area contributed by atoms with Gasteiger partial charge in [0.1, 0.15) is 5.82 Å². The zero-order valence-electron chi connectivity index (χ0n) is 19.9. The Kier molecular flexibility index (Phi) is 6.36. The molecule has 0 spiro atoms. The van der Waals surface area contributed by atoms with Gasteiger partial charge in [-0.2, -0.15) is 0 Å². The number of aryl methyl sites for hydroxylation is 2. The number of aromatic nitrogens is 2. The Morgan fingerprint density at radius 2 is 1.76 bits per heavy atom. The first kappa shape index (κ1) is 22.0. The van der Waals surface area contributed by atoms with Crippen molar-refractivity contribution in [2.45, 2.75) is 39.8 Å². The predicted octanol–water partition coefficient (Wildman–Crippen LogP) is 3.93. The van der Waals surface area contributed by atoms with Crippen molar-refractivity contribution in [1.82, 2.24) is 19.4 Å². The van der Waals surface area contributed by atoms with Crippen LogP contribution in [-0.4, -0.2) is 64.5 Å². The molecule has 2 saturated heterocycles. The third-order valence-corrected chi connectivity index (χ3v) is 7.26. The van der Waals surface area contributed by atoms with E-state index in [1.54, 1.807) is 0 Å². The fraction of sp³-hybridized carbons (Fsp3) is 0.481. The van der Waals surface area contributed by atoms with E-state index in [9.17, 15) is 4.79 Å². The van der Waals surface area contributed by atoms with Gasteiger partial charge >= 0.3 is 0 Å². The highest BCUT2D eigenvalue weighted by Crippen LogP contribution is 2.24. The number of likely N-dealkylation sites (tertiary alicyclic amines) is 1. The van der Waals surface area contributed by atoms with Crippen LogP contribution in [0.5, 0.6) is 0 Å². The number of anilines is 1. The predicted molar refractivity (Wildman–Crippen MR) is 133 cm³/mol. The number of hydrogen-bond donors (Lipinski definition) is 0. The van der Waals surface area contributed by atoms with Crippen LogP contribution in [0.4, 0.5) is 5.69 Å². The minimum absolute atomic E-state index is 0.101. The quantitative estimate of drug-likeness (QED) is 0.597. The molecule has 1 amide bonds. The molecule has 33 heavy (non-hydrogen) atoms. The number of amides is 1. The third kappa shape index (κ3) is 4.62. The summed E-state index contributed by atoms with van der Waals surface area (Å²) in [5, 5.41) is 0. The average molecular weight is 446 g/mol. The maximum atomic E-state index is 13.4. The zero-order valence-corrected chi connectivity index (χ0v) is 19.9. The summed E-state index contributed by atoms with van der Waals surface area (Å²) < 4.78 is 2.31. The molecular formula is C27H35N5O. The standard InChI is InChI=1S/C27H35N5O/c1-3-32-25-9-5-4-8-24(25)28-26(32)20-29-14-6-7-22(19-29)27(33)31-17-15-30(16-18-31)23-12-10-21(2)11-13-23/h4-5,8-13,22H,3,6-7,14-20H2,1-2H3/t22-/m1/s1. The molecule has 6 heteroatoms. The van der Waals surface area contributed by atoms with E-state index in [0.29, 0.717) is 5.91 Å². The molecular weight excluding hydrogens is 410 g/mol. The fourth-order valence-corrected chi connectivity index (χ4v) is 5.40. The second-order valence-corrected chi connectivity index (χ2v) is 9.48. The summed E-state index contributed by atoms with van der Waals surface area (Å²) >= 11 is 0. The van der Waals surface area contributed by atoms with E-state index in [-0.39, 0.29) is 5.92 Å². The molecule has 2 aliphatic heterocycles. The topological polar surface area (TPSA) is 44.6 Å². The van der Waals surface area contributed by atoms with Crippen molar-refractivity contribution in [3.63, 3.8) is 0 Å². The summed E-state index contributed by atoms with van der Waals surface area (Å²) in [6, 6.07) is 17.1. The number of nitrogens with zero attached hydrogens (tertiary/aromatic N) is 5. The maximum absolute atomic E-state index is 13.4. The molecule has 6 nitrogen and oxygen atoms in total. The van der Waals surface area contributed by atoms with Crippen LogP contribution in [0.3, 0.4) is 0 Å². The first-order valence-corrected chi connectivity index (χ1v) is 12.4. The lowest BCUT2D eigenvalue weighted by atomic mass is 9.96. The number of piperazine rings is 1. The van der Waals surface area contributed by atoms with Crippen LogP contribution in [0.15, 0.2) is 48.5 Å². The van der Waals surface area contributed by atoms with Gasteiger partial charge in [0.2, 0.25) is 5.91 Å². The summed E-state index contributed by atoms with van der Waals surface area (Å²) in [4.78, 5) is 25.2. The number of piperidine rings is 1. The normalized spacial score (nSPS) is 19.9. The maximum Gasteiger partial charge on any atom is 0.227 e. The van der Waals surface area contributed by atoms with E-state index in [0.717, 1.165) is 76.5 Å². The van der Waals surface area contributed by atoms with Gasteiger partial charge in [0.25, 0.3) is 0 Å². The Labute approximate surface area is 196 Å². The van der Waals surface area contributed by atoms with Crippen LogP contribution in [0, 0.1) is 12.8 Å². The number of hydrogen-bond acceptors (Lipinski definition) is 4. The van der Waals surface area contributed by atoms with Gasteiger partial charge < -0.3 is 14.4 Å². The molecule has 2 fully saturated rings. The minimum atomic E-state index is 0.101. The summed E-state index contributed by atoms with van der Waals surface area (Å²) in [7, 11) is 0. The highest BCUT2D eigenvalue weighted by atomic mass is 16.2. The molecule has 3 aromatic rings. The highest BCUT2D eigenvalue weighted by Gasteiger charge is 2.31. The Balaban J connectivity index is 1.20. The van der Waals surface area contributed by atoms with Crippen LogP contribution < -0.4 is 4.90 Å². The summed E-state index contributed by atoms with van der Waals surface area (Å²) in [6.07, 6.45) is 2.07. The molecule has 0 unspecified atom stereocenters. The number of fused-ring (bicyclic) bond motifs is 1. The lowest BCUT2D eigenvalue weighted by Crippen LogP contribution is -2.52. The van der Waals surface area contributed by atoms with Crippen molar-refractivity contribution >= 4 is 22.6 Å². The van der Waals surface area contributed by atoms with E-state index >= 15 is 0 Å². The van der Waals surface area contributed by atoms with Gasteiger partial charge in [0.05, 0.1) is 23.5 Å². The van der Waals surface area contributed by atoms with Crippen molar-refractivity contribution in [2.24, 2.45) is 5.92 Å². The van der Waals surface area contributed by atoms with Crippen molar-refractivity contribution in [3.8, 4) is 0 Å². The number of benzene rings is 2. The largest absolute Gasteiger partial charge is 0.368 e. The Morgan fingerprint density at radius 1 is 1.00 bits per heavy atom. The molecule has 0 aliphatic carbocycles. The fourth-order valence-electron chi connectivity index (χ4n) is 5.40. The number of imidazole rings is 1. The van der Waals surface area contributed by atoms with Gasteiger partial charge in [-0.25, -0.2) is 4.98 Å². The van der Waals surface area contributed by atoms with Crippen LogP contribution in [-0.2, 0) is 17.9 Å². The minimum Gasteiger partial charge on any atom is -0.368 e. The Hall–Kier alpha value is -2.86. The monoisotopic (exact) mass is 445 g/mol. The van der Waals surface area contributed by atoms with Crippen LogP contribution >= 0.6 is 0 Å². The van der Waals surface area contributed by atoms with Crippen LogP contribution in [0.2, 0.25) is 0 Å². The molecule has 0 bridgehead atoms. The molecule has 1 atom stereocenters. The van der Waals surface area contributed by atoms with E-state index in [1.165, 1.54) is 16.8 Å². The molecule has 3 heterocycles. The molecule has 5 rings (SSSR count). The molecule has 174 valence electrons. The summed E-state index contributed by atoms with van der Waals surface area (Å²) in [6.45, 7) is 11.3. The van der Waals surface area contributed by atoms with Gasteiger partial charge in [-0.15, -0.1) is 0 Å². The molecule has 0 saturated carbocycles. The summed E-state index contributed by atoms with van der Waals surface area (Å²) in [5.74, 6) is 1.55. The molecule has 2 aromatic carbocycles. The molecule has 1 aromatic heterocycles. The van der Waals surface area contributed by atoms with Crippen molar-refractivity contribution in [3.05, 3.63) is 59.9 Å². The lowest BCUT2D eigenvalue weighted by molar-refractivity contribution is -0.137. The molecule has 0 N–H and O–H groups in total. The van der Waals surface area contributed by atoms with Gasteiger partial charge in [-0.3, -0.25) is 9.69 Å². The van der Waals surface area contributed by atoms with Crippen molar-refractivity contribution in [2.75, 3.05) is 44.2 Å². The second-order valence-electron chi connectivity index (χ2n) is 9.48. The zero-order chi connectivity index (χ0) is 22.8. The third-order valence-electron chi connectivity index (χ3n) is 7.26. The van der Waals surface area contributed by atoms with Crippen molar-refractivity contribution < 1.29 is 4.79 Å². The SMILES string of the molecule is CCn1c(CN2CCC[C@@H](C(=O)N3CCN(c4ccc(C)cc4)CC3)C2)nc2ccccc21. The van der Waals surface area contributed by atoms with Gasteiger partial charge in [-0.05, 0) is 57.5 Å². The van der Waals surface area contributed by atoms with E-state index in [1.807, 2.05) is 6.07 Å². The van der Waals surface area contributed by atoms with E-state index < -0.39 is 0 Å². The van der Waals surface area contributed by atoms with Gasteiger partial charge in [0, 0.05) is 45.0 Å². The molecule has 0 radical (unpaired) electrons. The van der Waals surface area contributed by atoms with E-state index in [4.69, 9.17) is 4.98 Å². The van der Waals surface area contributed by atoms with E-state index in [2.05, 4.69) is 75.6 Å². The van der Waals surface area contributed by atoms with Crippen molar-refractivity contribution in [1.29, 1.82) is 0 Å². The van der Waals surface area contributed by atoms with Gasteiger partial charge in [-0.1, -0.05) is 29.8 Å². The van der Waals surface area contributed by atoms with Crippen LogP contribution in [0.25, 0.3) is 11.0 Å². The Morgan fingerprint density at radius 3 is 2.52 bits per heavy atom. The number of rotatable bonds is 5. The lowest BCUT2D eigenvalue weighted by Gasteiger charge is -2.39. The number of para-hydroxylation sites is 2. The number of carbonyl (C=O) groups is 1. The highest BCUT2D eigenvalue weighted by molar-refractivity contribution is 5.79.